The van der Waals surface area contributed by atoms with E-state index < -0.39 is 17.6 Å². The van der Waals surface area contributed by atoms with Crippen LogP contribution in [0.3, 0.4) is 0 Å². The number of hydrogen-bond acceptors (Lipinski definition) is 5. The number of nitrogen functional groups attached to an aromatic ring is 1. The molecule has 39 heavy (non-hydrogen) atoms. The lowest BCUT2D eigenvalue weighted by atomic mass is 9.93. The normalized spacial score (nSPS) is 17.5. The average molecular weight is 534 g/mol. The van der Waals surface area contributed by atoms with E-state index in [4.69, 9.17) is 5.73 Å². The summed E-state index contributed by atoms with van der Waals surface area (Å²) in [4.78, 5) is 21.4. The number of nitrogens with two attached hydrogens (primary N) is 1. The van der Waals surface area contributed by atoms with E-state index >= 15 is 0 Å². The smallest absolute Gasteiger partial charge is 0.393 e. The van der Waals surface area contributed by atoms with E-state index in [1.54, 1.807) is 18.2 Å². The number of halogens is 3. The molecule has 4 aromatic rings. The zero-order chi connectivity index (χ0) is 27.7. The standard InChI is InChI=1S/C29H26F3N5O2/c1-17-5-6-19(28(39)36-22-4-2-3-21(14-22)29(30,31)32)13-18(17)7-8-20-15-37(23-9-11-24(38)12-10-23)27-25(20)26(33)34-16-35-27/h2-6,13-16,23-24,38H,9-12H2,1H3,(H,36,39)(H2,33,34,35). The molecular weight excluding hydrogens is 507 g/mol. The van der Waals surface area contributed by atoms with Crippen LogP contribution in [0.2, 0.25) is 0 Å². The van der Waals surface area contributed by atoms with Crippen molar-refractivity contribution in [3.63, 3.8) is 0 Å². The molecule has 1 aliphatic carbocycles. The van der Waals surface area contributed by atoms with Crippen molar-refractivity contribution in [2.75, 3.05) is 11.1 Å². The summed E-state index contributed by atoms with van der Waals surface area (Å²) in [6.07, 6.45) is 1.56. The van der Waals surface area contributed by atoms with Crippen LogP contribution in [-0.4, -0.2) is 31.7 Å². The van der Waals surface area contributed by atoms with Crippen molar-refractivity contribution in [3.05, 3.63) is 82.8 Å². The van der Waals surface area contributed by atoms with Crippen molar-refractivity contribution in [3.8, 4) is 11.8 Å². The van der Waals surface area contributed by atoms with Crippen molar-refractivity contribution in [2.45, 2.75) is 50.9 Å². The zero-order valence-electron chi connectivity index (χ0n) is 21.1. The number of carbonyl (C=O) groups is 1. The van der Waals surface area contributed by atoms with Crippen LogP contribution in [-0.2, 0) is 6.18 Å². The molecule has 1 aliphatic rings. The predicted octanol–water partition coefficient (Wildman–Crippen LogP) is 5.47. The SMILES string of the molecule is Cc1ccc(C(=O)Nc2cccc(C(F)(F)F)c2)cc1C#Cc1cn(C2CCC(O)CC2)c2ncnc(N)c12. The minimum absolute atomic E-state index is 0.0431. The van der Waals surface area contributed by atoms with E-state index in [0.29, 0.717) is 40.8 Å². The number of aromatic nitrogens is 3. The van der Waals surface area contributed by atoms with Crippen LogP contribution in [0.1, 0.15) is 64.3 Å². The molecule has 2 heterocycles. The highest BCUT2D eigenvalue weighted by molar-refractivity contribution is 6.04. The number of amides is 1. The third kappa shape index (κ3) is 5.59. The fourth-order valence-electron chi connectivity index (χ4n) is 4.83. The first kappa shape index (κ1) is 26.3. The van der Waals surface area contributed by atoms with Gasteiger partial charge in [-0.15, -0.1) is 0 Å². The van der Waals surface area contributed by atoms with Crippen molar-refractivity contribution in [1.82, 2.24) is 14.5 Å². The number of alkyl halides is 3. The van der Waals surface area contributed by atoms with Crippen molar-refractivity contribution in [2.24, 2.45) is 0 Å². The van der Waals surface area contributed by atoms with Gasteiger partial charge in [0.1, 0.15) is 17.8 Å². The maximum absolute atomic E-state index is 13.0. The Hall–Kier alpha value is -4.36. The van der Waals surface area contributed by atoms with Crippen LogP contribution < -0.4 is 11.1 Å². The topological polar surface area (TPSA) is 106 Å². The fraction of sp³-hybridized carbons (Fsp3) is 0.276. The maximum atomic E-state index is 13.0. The number of fused-ring (bicyclic) bond motifs is 1. The first-order chi connectivity index (χ1) is 18.6. The van der Waals surface area contributed by atoms with Crippen LogP contribution in [0, 0.1) is 18.8 Å². The summed E-state index contributed by atoms with van der Waals surface area (Å²) in [5, 5.41) is 13.1. The van der Waals surface area contributed by atoms with Crippen molar-refractivity contribution < 1.29 is 23.1 Å². The van der Waals surface area contributed by atoms with Gasteiger partial charge in [-0.3, -0.25) is 4.79 Å². The summed E-state index contributed by atoms with van der Waals surface area (Å²) in [6, 6.07) is 9.57. The molecule has 0 unspecified atom stereocenters. The number of aliphatic hydroxyl groups is 1. The monoisotopic (exact) mass is 533 g/mol. The molecule has 0 saturated heterocycles. The third-order valence-electron chi connectivity index (χ3n) is 6.98. The molecule has 10 heteroatoms. The summed E-state index contributed by atoms with van der Waals surface area (Å²) < 4.78 is 41.2. The van der Waals surface area contributed by atoms with Crippen LogP contribution in [0.4, 0.5) is 24.7 Å². The van der Waals surface area contributed by atoms with Gasteiger partial charge in [-0.1, -0.05) is 24.0 Å². The molecule has 0 aliphatic heterocycles. The lowest BCUT2D eigenvalue weighted by Crippen LogP contribution is -2.20. The van der Waals surface area contributed by atoms with Gasteiger partial charge in [0, 0.05) is 29.1 Å². The van der Waals surface area contributed by atoms with Gasteiger partial charge in [-0.05, 0) is 68.5 Å². The number of hydrogen-bond donors (Lipinski definition) is 3. The summed E-state index contributed by atoms with van der Waals surface area (Å²) in [5.41, 5.74) is 8.39. The second-order valence-electron chi connectivity index (χ2n) is 9.68. The molecule has 4 N–H and O–H groups in total. The van der Waals surface area contributed by atoms with E-state index in [-0.39, 0.29) is 23.4 Å². The highest BCUT2D eigenvalue weighted by atomic mass is 19.4. The quantitative estimate of drug-likeness (QED) is 0.303. The average Bonchev–Trinajstić information content (AvgIpc) is 3.28. The van der Waals surface area contributed by atoms with Crippen LogP contribution in [0.5, 0.6) is 0 Å². The molecule has 1 fully saturated rings. The minimum atomic E-state index is -4.51. The Kier molecular flexibility index (Phi) is 7.02. The highest BCUT2D eigenvalue weighted by Gasteiger charge is 2.30. The number of carbonyl (C=O) groups excluding carboxylic acids is 1. The number of anilines is 2. The zero-order valence-corrected chi connectivity index (χ0v) is 21.1. The number of rotatable bonds is 3. The highest BCUT2D eigenvalue weighted by Crippen LogP contribution is 2.34. The summed E-state index contributed by atoms with van der Waals surface area (Å²) in [7, 11) is 0. The molecule has 7 nitrogen and oxygen atoms in total. The maximum Gasteiger partial charge on any atom is 0.416 e. The van der Waals surface area contributed by atoms with Gasteiger partial charge >= 0.3 is 6.18 Å². The van der Waals surface area contributed by atoms with Crippen LogP contribution >= 0.6 is 0 Å². The second kappa shape index (κ2) is 10.4. The van der Waals surface area contributed by atoms with Gasteiger partial charge in [0.05, 0.1) is 22.6 Å². The molecule has 1 saturated carbocycles. The van der Waals surface area contributed by atoms with E-state index in [0.717, 1.165) is 30.5 Å². The Labute approximate surface area is 222 Å². The third-order valence-corrected chi connectivity index (χ3v) is 6.98. The Morgan fingerprint density at radius 3 is 2.56 bits per heavy atom. The van der Waals surface area contributed by atoms with Gasteiger partial charge in [0.2, 0.25) is 0 Å². The molecule has 2 aromatic heterocycles. The Morgan fingerprint density at radius 1 is 1.08 bits per heavy atom. The molecule has 2 aromatic carbocycles. The molecule has 0 radical (unpaired) electrons. The molecule has 0 atom stereocenters. The number of aliphatic hydroxyl groups excluding tert-OH is 1. The van der Waals surface area contributed by atoms with Crippen LogP contribution in [0.25, 0.3) is 11.0 Å². The van der Waals surface area contributed by atoms with Crippen LogP contribution in [0.15, 0.2) is 55.0 Å². The van der Waals surface area contributed by atoms with Gasteiger partial charge < -0.3 is 20.7 Å². The number of aryl methyl sites for hydroxylation is 1. The van der Waals surface area contributed by atoms with Gasteiger partial charge in [-0.2, -0.15) is 13.2 Å². The molecular formula is C29H26F3N5O2. The fourth-order valence-corrected chi connectivity index (χ4v) is 4.83. The van der Waals surface area contributed by atoms with Gasteiger partial charge in [-0.25, -0.2) is 9.97 Å². The first-order valence-corrected chi connectivity index (χ1v) is 12.5. The Balaban J connectivity index is 1.44. The van der Waals surface area contributed by atoms with Gasteiger partial charge in [0.15, 0.2) is 0 Å². The van der Waals surface area contributed by atoms with E-state index in [2.05, 4.69) is 31.7 Å². The van der Waals surface area contributed by atoms with E-state index in [9.17, 15) is 23.1 Å². The molecule has 0 spiro atoms. The minimum Gasteiger partial charge on any atom is -0.393 e. The molecule has 1 amide bonds. The Bertz CT molecular complexity index is 1610. The van der Waals surface area contributed by atoms with Crippen molar-refractivity contribution >= 4 is 28.4 Å². The molecule has 0 bridgehead atoms. The number of benzene rings is 2. The summed E-state index contributed by atoms with van der Waals surface area (Å²) in [5.74, 6) is 6.03. The lowest BCUT2D eigenvalue weighted by Gasteiger charge is -2.26. The molecule has 5 rings (SSSR count). The van der Waals surface area contributed by atoms with E-state index in [1.807, 2.05) is 13.1 Å². The summed E-state index contributed by atoms with van der Waals surface area (Å²) in [6.45, 7) is 1.85. The number of nitrogens with one attached hydrogen (secondary N) is 1. The molecule has 200 valence electrons. The summed E-state index contributed by atoms with van der Waals surface area (Å²) >= 11 is 0. The largest absolute Gasteiger partial charge is 0.416 e. The van der Waals surface area contributed by atoms with Gasteiger partial charge in [0.25, 0.3) is 5.91 Å². The lowest BCUT2D eigenvalue weighted by molar-refractivity contribution is -0.137. The first-order valence-electron chi connectivity index (χ1n) is 12.5. The predicted molar refractivity (Wildman–Crippen MR) is 142 cm³/mol. The second-order valence-corrected chi connectivity index (χ2v) is 9.68. The number of nitrogens with zero attached hydrogens (tertiary/aromatic N) is 3. The van der Waals surface area contributed by atoms with E-state index in [1.165, 1.54) is 18.5 Å². The Morgan fingerprint density at radius 2 is 1.82 bits per heavy atom. The van der Waals surface area contributed by atoms with Crippen molar-refractivity contribution in [1.29, 1.82) is 0 Å².